The molecule has 0 aliphatic rings. The first-order valence-corrected chi connectivity index (χ1v) is 3.60. The van der Waals surface area contributed by atoms with E-state index in [1.807, 2.05) is 0 Å². The quantitative estimate of drug-likeness (QED) is 0.698. The molecule has 2 N–H and O–H groups in total. The van der Waals surface area contributed by atoms with Crippen LogP contribution in [0.1, 0.15) is 5.56 Å². The molecule has 13 heavy (non-hydrogen) atoms. The number of hydrogen-bond donors (Lipinski definition) is 2. The first-order chi connectivity index (χ1) is 6.22. The fourth-order valence-corrected chi connectivity index (χ4v) is 0.945. The minimum atomic E-state index is -1.13. The molecule has 0 spiro atoms. The van der Waals surface area contributed by atoms with Gasteiger partial charge in [0.1, 0.15) is 6.54 Å². The number of hydrogen-bond acceptors (Lipinski definition) is 3. The molecule has 1 rings (SSSR count). The molecule has 0 heterocycles. The van der Waals surface area contributed by atoms with Crippen molar-refractivity contribution in [3.8, 4) is 0 Å². The van der Waals surface area contributed by atoms with Gasteiger partial charge < -0.3 is 5.11 Å². The molecule has 0 bridgehead atoms. The van der Waals surface area contributed by atoms with Crippen molar-refractivity contribution in [2.24, 2.45) is 5.18 Å². The summed E-state index contributed by atoms with van der Waals surface area (Å²) in [7, 11) is 0. The molecule has 0 radical (unpaired) electrons. The third-order valence-corrected chi connectivity index (χ3v) is 1.43. The van der Waals surface area contributed by atoms with Crippen molar-refractivity contribution in [2.45, 2.75) is 6.54 Å². The molecule has 5 nitrogen and oxygen atoms in total. The minimum Gasteiger partial charge on any atom is -0.465 e. The predicted octanol–water partition coefficient (Wildman–Crippen LogP) is 2.04. The van der Waals surface area contributed by atoms with Crippen molar-refractivity contribution in [2.75, 3.05) is 5.32 Å². The molecule has 0 aliphatic carbocycles. The molecule has 0 aromatic heterocycles. The van der Waals surface area contributed by atoms with Gasteiger partial charge in [0.15, 0.2) is 0 Å². The zero-order valence-electron chi connectivity index (χ0n) is 6.73. The maximum atomic E-state index is 10.2. The molecular weight excluding hydrogens is 172 g/mol. The third-order valence-electron chi connectivity index (χ3n) is 1.43. The minimum absolute atomic E-state index is 0.0507. The lowest BCUT2D eigenvalue weighted by atomic mass is 10.2. The van der Waals surface area contributed by atoms with Crippen LogP contribution in [0.3, 0.4) is 0 Å². The van der Waals surface area contributed by atoms with E-state index in [9.17, 15) is 9.70 Å². The van der Waals surface area contributed by atoms with E-state index in [0.29, 0.717) is 11.3 Å². The van der Waals surface area contributed by atoms with Crippen molar-refractivity contribution in [3.05, 3.63) is 34.7 Å². The van der Waals surface area contributed by atoms with E-state index in [-0.39, 0.29) is 6.54 Å². The monoisotopic (exact) mass is 180 g/mol. The summed E-state index contributed by atoms with van der Waals surface area (Å²) in [5, 5.41) is 13.3. The Labute approximate surface area is 74.4 Å². The van der Waals surface area contributed by atoms with Crippen LogP contribution < -0.4 is 5.32 Å². The van der Waals surface area contributed by atoms with E-state index >= 15 is 0 Å². The van der Waals surface area contributed by atoms with Gasteiger partial charge in [-0.25, -0.2) is 4.79 Å². The standard InChI is InChI=1S/C8H8N2O3/c11-8(12)10-7-3-1-2-6(4-7)5-9-13/h1-4,10H,5H2,(H,11,12). The highest BCUT2D eigenvalue weighted by Gasteiger charge is 1.98. The molecule has 1 aromatic carbocycles. The van der Waals surface area contributed by atoms with Crippen LogP contribution in [-0.4, -0.2) is 11.2 Å². The molecule has 0 atom stereocenters. The fourth-order valence-electron chi connectivity index (χ4n) is 0.945. The first-order valence-electron chi connectivity index (χ1n) is 3.60. The predicted molar refractivity (Wildman–Crippen MR) is 47.6 cm³/mol. The van der Waals surface area contributed by atoms with E-state index in [1.54, 1.807) is 24.3 Å². The van der Waals surface area contributed by atoms with Gasteiger partial charge in [-0.1, -0.05) is 17.3 Å². The third kappa shape index (κ3) is 2.90. The van der Waals surface area contributed by atoms with Gasteiger partial charge in [0.25, 0.3) is 0 Å². The maximum absolute atomic E-state index is 10.2. The summed E-state index contributed by atoms with van der Waals surface area (Å²) in [5.41, 5.74) is 1.12. The summed E-state index contributed by atoms with van der Waals surface area (Å²) in [6, 6.07) is 6.53. The van der Waals surface area contributed by atoms with Gasteiger partial charge in [0.05, 0.1) is 0 Å². The van der Waals surface area contributed by atoms with E-state index in [0.717, 1.165) is 0 Å². The van der Waals surface area contributed by atoms with E-state index in [4.69, 9.17) is 5.11 Å². The molecule has 1 aromatic rings. The molecule has 0 saturated carbocycles. The summed E-state index contributed by atoms with van der Waals surface area (Å²) >= 11 is 0. The number of amides is 1. The summed E-state index contributed by atoms with van der Waals surface area (Å²) in [6.07, 6.45) is -1.13. The molecule has 68 valence electrons. The van der Waals surface area contributed by atoms with Gasteiger partial charge in [-0.15, -0.1) is 0 Å². The van der Waals surface area contributed by atoms with Crippen LogP contribution in [-0.2, 0) is 6.54 Å². The van der Waals surface area contributed by atoms with Crippen LogP contribution >= 0.6 is 0 Å². The van der Waals surface area contributed by atoms with E-state index < -0.39 is 6.09 Å². The molecular formula is C8H8N2O3. The number of nitroso groups, excluding NO2 is 1. The van der Waals surface area contributed by atoms with Crippen molar-refractivity contribution >= 4 is 11.8 Å². The molecule has 1 amide bonds. The highest BCUT2D eigenvalue weighted by Crippen LogP contribution is 2.10. The zero-order chi connectivity index (χ0) is 9.68. The Balaban J connectivity index is 2.78. The SMILES string of the molecule is O=NCc1cccc(NC(=O)O)c1. The smallest absolute Gasteiger partial charge is 0.409 e. The van der Waals surface area contributed by atoms with E-state index in [2.05, 4.69) is 10.5 Å². The number of benzene rings is 1. The van der Waals surface area contributed by atoms with Crippen LogP contribution in [0.2, 0.25) is 0 Å². The Morgan fingerprint density at radius 1 is 1.54 bits per heavy atom. The summed E-state index contributed by atoms with van der Waals surface area (Å²) in [4.78, 5) is 20.2. The van der Waals surface area contributed by atoms with Gasteiger partial charge in [-0.2, -0.15) is 4.91 Å². The second-order valence-electron chi connectivity index (χ2n) is 2.42. The number of rotatable bonds is 3. The number of carbonyl (C=O) groups is 1. The summed E-state index contributed by atoms with van der Waals surface area (Å²) < 4.78 is 0. The van der Waals surface area contributed by atoms with Crippen LogP contribution in [0.15, 0.2) is 29.4 Å². The van der Waals surface area contributed by atoms with Crippen molar-refractivity contribution in [1.82, 2.24) is 0 Å². The lowest BCUT2D eigenvalue weighted by molar-refractivity contribution is 0.210. The van der Waals surface area contributed by atoms with Gasteiger partial charge in [0.2, 0.25) is 0 Å². The Kier molecular flexibility index (Phi) is 2.97. The highest BCUT2D eigenvalue weighted by molar-refractivity contribution is 5.82. The van der Waals surface area contributed by atoms with Gasteiger partial charge in [0, 0.05) is 5.69 Å². The van der Waals surface area contributed by atoms with E-state index in [1.165, 1.54) is 0 Å². The number of nitrogens with one attached hydrogen (secondary N) is 1. The number of carboxylic acid groups (broad SMARTS) is 1. The Morgan fingerprint density at radius 3 is 2.92 bits per heavy atom. The molecule has 0 saturated heterocycles. The second-order valence-corrected chi connectivity index (χ2v) is 2.42. The Morgan fingerprint density at radius 2 is 2.31 bits per heavy atom. The summed E-state index contributed by atoms with van der Waals surface area (Å²) in [6.45, 7) is 0.0507. The lowest BCUT2D eigenvalue weighted by Gasteiger charge is -2.01. The molecule has 5 heteroatoms. The van der Waals surface area contributed by atoms with Crippen LogP contribution in [0.4, 0.5) is 10.5 Å². The number of anilines is 1. The number of nitrogens with zero attached hydrogens (tertiary/aromatic N) is 1. The van der Waals surface area contributed by atoms with Gasteiger partial charge in [-0.3, -0.25) is 5.32 Å². The van der Waals surface area contributed by atoms with Gasteiger partial charge >= 0.3 is 6.09 Å². The van der Waals surface area contributed by atoms with Gasteiger partial charge in [-0.05, 0) is 17.7 Å². The average molecular weight is 180 g/mol. The Bertz CT molecular complexity index is 325. The van der Waals surface area contributed by atoms with Crippen LogP contribution in [0.25, 0.3) is 0 Å². The van der Waals surface area contributed by atoms with Crippen LogP contribution in [0.5, 0.6) is 0 Å². The van der Waals surface area contributed by atoms with Crippen molar-refractivity contribution in [3.63, 3.8) is 0 Å². The molecule has 0 aliphatic heterocycles. The largest absolute Gasteiger partial charge is 0.465 e. The van der Waals surface area contributed by atoms with Crippen molar-refractivity contribution < 1.29 is 9.90 Å². The first kappa shape index (κ1) is 9.18. The highest BCUT2D eigenvalue weighted by atomic mass is 16.4. The fraction of sp³-hybridized carbons (Fsp3) is 0.125. The average Bonchev–Trinajstić information content (AvgIpc) is 2.04. The molecule has 0 fully saturated rings. The zero-order valence-corrected chi connectivity index (χ0v) is 6.73. The molecule has 0 unspecified atom stereocenters. The maximum Gasteiger partial charge on any atom is 0.409 e. The normalized spacial score (nSPS) is 9.23. The van der Waals surface area contributed by atoms with Crippen molar-refractivity contribution in [1.29, 1.82) is 0 Å². The lowest BCUT2D eigenvalue weighted by Crippen LogP contribution is -2.07. The Hall–Kier alpha value is -1.91. The van der Waals surface area contributed by atoms with Crippen LogP contribution in [0, 0.1) is 4.91 Å². The second kappa shape index (κ2) is 4.20. The summed E-state index contributed by atoms with van der Waals surface area (Å²) in [5.74, 6) is 0. The topological polar surface area (TPSA) is 78.8 Å².